The fraction of sp³-hybridized carbons (Fsp3) is 0.625. The van der Waals surface area contributed by atoms with Gasteiger partial charge in [0.2, 0.25) is 0 Å². The highest BCUT2D eigenvalue weighted by Gasteiger charge is 2.22. The minimum absolute atomic E-state index is 0.209. The Morgan fingerprint density at radius 1 is 1.80 bits per heavy atom. The fourth-order valence-electron chi connectivity index (χ4n) is 1.26. The predicted molar refractivity (Wildman–Crippen MR) is 38.7 cm³/mol. The van der Waals surface area contributed by atoms with Gasteiger partial charge in [-0.15, -0.1) is 0 Å². The van der Waals surface area contributed by atoms with E-state index in [0.29, 0.717) is 0 Å². The zero-order chi connectivity index (χ0) is 7.56. The largest absolute Gasteiger partial charge is 0.481 e. The molecule has 0 heterocycles. The van der Waals surface area contributed by atoms with E-state index in [-0.39, 0.29) is 11.8 Å². The van der Waals surface area contributed by atoms with Crippen LogP contribution in [0, 0.1) is 11.8 Å². The van der Waals surface area contributed by atoms with E-state index >= 15 is 0 Å². The summed E-state index contributed by atoms with van der Waals surface area (Å²) in [7, 11) is 0. The van der Waals surface area contributed by atoms with Crippen molar-refractivity contribution in [2.24, 2.45) is 11.8 Å². The normalized spacial score (nSPS) is 26.7. The molecule has 0 saturated carbocycles. The topological polar surface area (TPSA) is 37.3 Å². The number of hydrogen-bond donors (Lipinski definition) is 1. The van der Waals surface area contributed by atoms with Crippen LogP contribution in [0.5, 0.6) is 0 Å². The van der Waals surface area contributed by atoms with Gasteiger partial charge in [-0.05, 0) is 18.8 Å². The van der Waals surface area contributed by atoms with Gasteiger partial charge in [0.25, 0.3) is 0 Å². The van der Waals surface area contributed by atoms with Crippen LogP contribution in [-0.4, -0.2) is 11.1 Å². The first kappa shape index (κ1) is 7.32. The summed E-state index contributed by atoms with van der Waals surface area (Å²) in [6.07, 6.45) is 6.12. The number of rotatable bonds is 2. The zero-order valence-corrected chi connectivity index (χ0v) is 6.08. The van der Waals surface area contributed by atoms with Crippen LogP contribution >= 0.6 is 0 Å². The molecule has 1 rings (SSSR count). The SMILES string of the molecule is C[C@H](C(=O)O)C1C=CCC1. The Kier molecular flexibility index (Phi) is 2.10. The third kappa shape index (κ3) is 1.38. The summed E-state index contributed by atoms with van der Waals surface area (Å²) in [6.45, 7) is 1.77. The van der Waals surface area contributed by atoms with Gasteiger partial charge in [-0.2, -0.15) is 0 Å². The van der Waals surface area contributed by atoms with Crippen LogP contribution < -0.4 is 0 Å². The maximum absolute atomic E-state index is 10.5. The van der Waals surface area contributed by atoms with Crippen molar-refractivity contribution in [1.29, 1.82) is 0 Å². The first-order valence-electron chi connectivity index (χ1n) is 3.61. The Bertz CT molecular complexity index is 161. The van der Waals surface area contributed by atoms with Crippen LogP contribution in [0.25, 0.3) is 0 Å². The van der Waals surface area contributed by atoms with Crippen LogP contribution in [0.2, 0.25) is 0 Å². The lowest BCUT2D eigenvalue weighted by atomic mass is 9.94. The fourth-order valence-corrected chi connectivity index (χ4v) is 1.26. The molecule has 0 aromatic heterocycles. The minimum Gasteiger partial charge on any atom is -0.481 e. The van der Waals surface area contributed by atoms with Crippen molar-refractivity contribution in [1.82, 2.24) is 0 Å². The Labute approximate surface area is 60.6 Å². The van der Waals surface area contributed by atoms with E-state index in [4.69, 9.17) is 5.11 Å². The highest BCUT2D eigenvalue weighted by molar-refractivity contribution is 5.70. The van der Waals surface area contributed by atoms with Gasteiger partial charge in [0, 0.05) is 0 Å². The van der Waals surface area contributed by atoms with E-state index in [9.17, 15) is 4.79 Å². The lowest BCUT2D eigenvalue weighted by Crippen LogP contribution is -2.17. The molecule has 1 aliphatic rings. The van der Waals surface area contributed by atoms with E-state index in [1.54, 1.807) is 6.92 Å². The number of carboxylic acids is 1. The van der Waals surface area contributed by atoms with Crippen LogP contribution in [0.3, 0.4) is 0 Å². The summed E-state index contributed by atoms with van der Waals surface area (Å²) in [5.41, 5.74) is 0. The van der Waals surface area contributed by atoms with Crippen LogP contribution in [-0.2, 0) is 4.79 Å². The van der Waals surface area contributed by atoms with E-state index in [1.165, 1.54) is 0 Å². The second kappa shape index (κ2) is 2.86. The van der Waals surface area contributed by atoms with Crippen molar-refractivity contribution in [2.75, 3.05) is 0 Å². The lowest BCUT2D eigenvalue weighted by molar-refractivity contribution is -0.142. The highest BCUT2D eigenvalue weighted by atomic mass is 16.4. The van der Waals surface area contributed by atoms with Crippen molar-refractivity contribution >= 4 is 5.97 Å². The van der Waals surface area contributed by atoms with Crippen LogP contribution in [0.15, 0.2) is 12.2 Å². The lowest BCUT2D eigenvalue weighted by Gasteiger charge is -2.11. The molecular weight excluding hydrogens is 128 g/mol. The molecule has 1 unspecified atom stereocenters. The molecule has 0 aliphatic heterocycles. The molecule has 56 valence electrons. The van der Waals surface area contributed by atoms with Gasteiger partial charge in [0.15, 0.2) is 0 Å². The van der Waals surface area contributed by atoms with E-state index in [0.717, 1.165) is 12.8 Å². The molecule has 0 bridgehead atoms. The molecule has 2 atom stereocenters. The van der Waals surface area contributed by atoms with E-state index in [1.807, 2.05) is 6.08 Å². The van der Waals surface area contributed by atoms with E-state index < -0.39 is 5.97 Å². The van der Waals surface area contributed by atoms with Crippen molar-refractivity contribution in [3.63, 3.8) is 0 Å². The maximum Gasteiger partial charge on any atom is 0.306 e. The van der Waals surface area contributed by atoms with Gasteiger partial charge in [-0.1, -0.05) is 19.1 Å². The highest BCUT2D eigenvalue weighted by Crippen LogP contribution is 2.24. The van der Waals surface area contributed by atoms with Crippen molar-refractivity contribution in [2.45, 2.75) is 19.8 Å². The number of carbonyl (C=O) groups is 1. The summed E-state index contributed by atoms with van der Waals surface area (Å²) in [5, 5.41) is 8.61. The minimum atomic E-state index is -0.684. The third-order valence-electron chi connectivity index (χ3n) is 2.08. The molecule has 0 aromatic carbocycles. The Morgan fingerprint density at radius 2 is 2.50 bits per heavy atom. The molecule has 0 amide bonds. The maximum atomic E-state index is 10.5. The van der Waals surface area contributed by atoms with Crippen LogP contribution in [0.4, 0.5) is 0 Å². The Morgan fingerprint density at radius 3 is 2.90 bits per heavy atom. The van der Waals surface area contributed by atoms with Crippen molar-refractivity contribution in [3.8, 4) is 0 Å². The molecule has 0 fully saturated rings. The molecule has 2 nitrogen and oxygen atoms in total. The second-order valence-electron chi connectivity index (χ2n) is 2.80. The molecule has 1 aliphatic carbocycles. The molecule has 0 spiro atoms. The van der Waals surface area contributed by atoms with Gasteiger partial charge in [-0.25, -0.2) is 0 Å². The molecule has 0 radical (unpaired) electrons. The summed E-state index contributed by atoms with van der Waals surface area (Å²) < 4.78 is 0. The Balaban J connectivity index is 2.48. The van der Waals surface area contributed by atoms with Gasteiger partial charge >= 0.3 is 5.97 Å². The van der Waals surface area contributed by atoms with Crippen molar-refractivity contribution < 1.29 is 9.90 Å². The second-order valence-corrected chi connectivity index (χ2v) is 2.80. The number of aliphatic carboxylic acids is 1. The molecule has 1 N–H and O–H groups in total. The summed E-state index contributed by atoms with van der Waals surface area (Å²) in [6, 6.07) is 0. The average molecular weight is 140 g/mol. The summed E-state index contributed by atoms with van der Waals surface area (Å²) >= 11 is 0. The number of hydrogen-bond acceptors (Lipinski definition) is 1. The average Bonchev–Trinajstić information content (AvgIpc) is 2.36. The van der Waals surface area contributed by atoms with Crippen molar-refractivity contribution in [3.05, 3.63) is 12.2 Å². The third-order valence-corrected chi connectivity index (χ3v) is 2.08. The van der Waals surface area contributed by atoms with Gasteiger partial charge < -0.3 is 5.11 Å². The molecule has 10 heavy (non-hydrogen) atoms. The zero-order valence-electron chi connectivity index (χ0n) is 6.08. The van der Waals surface area contributed by atoms with Gasteiger partial charge in [-0.3, -0.25) is 4.79 Å². The summed E-state index contributed by atoms with van der Waals surface area (Å²) in [4.78, 5) is 10.5. The predicted octanol–water partition coefficient (Wildman–Crippen LogP) is 1.67. The smallest absolute Gasteiger partial charge is 0.306 e. The monoisotopic (exact) mass is 140 g/mol. The standard InChI is InChI=1S/C8H12O2/c1-6(8(9)10)7-4-2-3-5-7/h2,4,6-7H,3,5H2,1H3,(H,9,10)/t6-,7?/m0/s1. The van der Waals surface area contributed by atoms with Gasteiger partial charge in [0.1, 0.15) is 0 Å². The number of allylic oxidation sites excluding steroid dienone is 2. The van der Waals surface area contributed by atoms with E-state index in [2.05, 4.69) is 6.08 Å². The molecule has 2 heteroatoms. The molecule has 0 aromatic rings. The van der Waals surface area contributed by atoms with Gasteiger partial charge in [0.05, 0.1) is 5.92 Å². The molecular formula is C8H12O2. The number of carboxylic acid groups (broad SMARTS) is 1. The Hall–Kier alpha value is -0.790. The first-order valence-corrected chi connectivity index (χ1v) is 3.61. The summed E-state index contributed by atoms with van der Waals surface area (Å²) in [5.74, 6) is -0.618. The first-order chi connectivity index (χ1) is 4.72. The molecule has 0 saturated heterocycles. The quantitative estimate of drug-likeness (QED) is 0.592. The van der Waals surface area contributed by atoms with Crippen LogP contribution in [0.1, 0.15) is 19.8 Å².